The summed E-state index contributed by atoms with van der Waals surface area (Å²) in [7, 11) is -0.821. The van der Waals surface area contributed by atoms with Crippen molar-refractivity contribution in [2.75, 3.05) is 18.1 Å². The maximum absolute atomic E-state index is 14.1. The van der Waals surface area contributed by atoms with Gasteiger partial charge in [0, 0.05) is 59.0 Å². The molecule has 4 heterocycles. The smallest absolute Gasteiger partial charge is 0.223 e. The van der Waals surface area contributed by atoms with E-state index < -0.39 is 10.8 Å². The number of hydrogen-bond donors (Lipinski definition) is 1. The van der Waals surface area contributed by atoms with Gasteiger partial charge in [0.05, 0.1) is 17.1 Å². The third-order valence-electron chi connectivity index (χ3n) is 9.05. The van der Waals surface area contributed by atoms with Crippen LogP contribution in [-0.4, -0.2) is 54.7 Å². The van der Waals surface area contributed by atoms with Gasteiger partial charge in [-0.3, -0.25) is 13.9 Å². The number of imidazole rings is 1. The number of rotatable bonds is 7. The monoisotopic (exact) mass is 554 g/mol. The molecule has 2 unspecified atom stereocenters. The number of piperidine rings is 1. The summed E-state index contributed by atoms with van der Waals surface area (Å²) >= 11 is 0. The van der Waals surface area contributed by atoms with Crippen molar-refractivity contribution in [1.82, 2.24) is 19.8 Å². The van der Waals surface area contributed by atoms with E-state index in [4.69, 9.17) is 0 Å². The molecule has 6 nitrogen and oxygen atoms in total. The van der Waals surface area contributed by atoms with E-state index in [-0.39, 0.29) is 29.5 Å². The van der Waals surface area contributed by atoms with Crippen LogP contribution < -0.4 is 5.32 Å². The second-order valence-corrected chi connectivity index (χ2v) is 13.1. The second-order valence-electron chi connectivity index (χ2n) is 11.4. The first kappa shape index (κ1) is 26.6. The van der Waals surface area contributed by atoms with Crippen molar-refractivity contribution in [2.45, 2.75) is 76.0 Å². The zero-order valence-corrected chi connectivity index (χ0v) is 23.1. The molecule has 2 aromatic carbocycles. The number of halogens is 2. The van der Waals surface area contributed by atoms with Gasteiger partial charge in [-0.05, 0) is 81.7 Å². The fourth-order valence-corrected chi connectivity index (χ4v) is 8.44. The standard InChI is InChI=1S/C30H36F2N4O2S/c1-19-33-28-16-23(32)5-8-29(28)36(19)26-17-24-6-7-25(18-26)35(24)12-9-27(21-3-2-4-22(31)15-21)34-30(37)20-10-13-39(38)14-11-20/h2-5,8,15-16,20,24-27H,6-7,9-14,17-18H2,1H3,(H,34,37)/t20?,24-,25+,26?,27?,39?. The normalized spacial score (nSPS) is 28.0. The molecule has 1 amide bonds. The molecule has 2 bridgehead atoms. The molecular weight excluding hydrogens is 518 g/mol. The number of nitrogens with one attached hydrogen (secondary N) is 1. The molecule has 1 aromatic heterocycles. The molecule has 3 aliphatic heterocycles. The minimum Gasteiger partial charge on any atom is -0.349 e. The Bertz CT molecular complexity index is 1370. The van der Waals surface area contributed by atoms with Gasteiger partial charge in [-0.15, -0.1) is 0 Å². The number of benzene rings is 2. The Morgan fingerprint density at radius 3 is 2.46 bits per heavy atom. The fourth-order valence-electron chi connectivity index (χ4n) is 7.14. The number of carbonyl (C=O) groups excluding carboxylic acids is 1. The van der Waals surface area contributed by atoms with Crippen LogP contribution in [0, 0.1) is 24.5 Å². The van der Waals surface area contributed by atoms with E-state index in [1.54, 1.807) is 6.07 Å². The van der Waals surface area contributed by atoms with Gasteiger partial charge in [0.2, 0.25) is 5.91 Å². The third-order valence-corrected chi connectivity index (χ3v) is 10.4. The van der Waals surface area contributed by atoms with Crippen LogP contribution in [0.15, 0.2) is 42.5 Å². The first-order chi connectivity index (χ1) is 18.9. The van der Waals surface area contributed by atoms with Crippen molar-refractivity contribution in [2.24, 2.45) is 5.92 Å². The van der Waals surface area contributed by atoms with Crippen molar-refractivity contribution < 1.29 is 17.8 Å². The summed E-state index contributed by atoms with van der Waals surface area (Å²) in [6.45, 7) is 2.83. The predicted octanol–water partition coefficient (Wildman–Crippen LogP) is 5.20. The Morgan fingerprint density at radius 2 is 1.74 bits per heavy atom. The first-order valence-corrected chi connectivity index (χ1v) is 15.6. The summed E-state index contributed by atoms with van der Waals surface area (Å²) in [5.74, 6) is 1.36. The van der Waals surface area contributed by atoms with Crippen molar-refractivity contribution >= 4 is 27.7 Å². The average molecular weight is 555 g/mol. The molecule has 208 valence electrons. The summed E-state index contributed by atoms with van der Waals surface area (Å²) in [5.41, 5.74) is 2.49. The highest BCUT2D eigenvalue weighted by Crippen LogP contribution is 2.42. The zero-order chi connectivity index (χ0) is 27.1. The summed E-state index contributed by atoms with van der Waals surface area (Å²) < 4.78 is 42.0. The predicted molar refractivity (Wildman–Crippen MR) is 149 cm³/mol. The number of aromatic nitrogens is 2. The molecule has 0 saturated carbocycles. The lowest BCUT2D eigenvalue weighted by atomic mass is 9.94. The summed E-state index contributed by atoms with van der Waals surface area (Å²) in [6, 6.07) is 12.3. The molecule has 0 spiro atoms. The van der Waals surface area contributed by atoms with Crippen molar-refractivity contribution in [3.8, 4) is 0 Å². The maximum Gasteiger partial charge on any atom is 0.223 e. The number of hydrogen-bond acceptors (Lipinski definition) is 4. The van der Waals surface area contributed by atoms with Crippen LogP contribution in [0.25, 0.3) is 11.0 Å². The van der Waals surface area contributed by atoms with Gasteiger partial charge in [-0.1, -0.05) is 12.1 Å². The molecule has 3 fully saturated rings. The minimum absolute atomic E-state index is 0.0125. The number of nitrogens with zero attached hydrogens (tertiary/aromatic N) is 3. The highest BCUT2D eigenvalue weighted by atomic mass is 32.2. The van der Waals surface area contributed by atoms with Gasteiger partial charge in [0.25, 0.3) is 0 Å². The lowest BCUT2D eigenvalue weighted by Gasteiger charge is -2.40. The molecule has 3 aromatic rings. The zero-order valence-electron chi connectivity index (χ0n) is 22.3. The molecule has 39 heavy (non-hydrogen) atoms. The van der Waals surface area contributed by atoms with Crippen LogP contribution in [0.3, 0.4) is 0 Å². The SMILES string of the molecule is Cc1nc2cc(F)ccc2n1C1C[C@H]2CC[C@@H](C1)N2CCC(NC(=O)C1CCS(=O)CC1)c1cccc(F)c1. The minimum atomic E-state index is -0.821. The molecule has 9 heteroatoms. The van der Waals surface area contributed by atoms with E-state index in [1.165, 1.54) is 24.3 Å². The van der Waals surface area contributed by atoms with Gasteiger partial charge in [-0.25, -0.2) is 13.8 Å². The second kappa shape index (κ2) is 11.1. The quantitative estimate of drug-likeness (QED) is 0.436. The lowest BCUT2D eigenvalue weighted by molar-refractivity contribution is -0.126. The highest BCUT2D eigenvalue weighted by molar-refractivity contribution is 7.85. The van der Waals surface area contributed by atoms with Gasteiger partial charge >= 0.3 is 0 Å². The first-order valence-electron chi connectivity index (χ1n) is 14.2. The summed E-state index contributed by atoms with van der Waals surface area (Å²) in [5, 5.41) is 3.22. The molecule has 0 radical (unpaired) electrons. The molecular formula is C30H36F2N4O2S. The van der Waals surface area contributed by atoms with Crippen LogP contribution in [0.4, 0.5) is 8.78 Å². The van der Waals surface area contributed by atoms with Gasteiger partial charge in [0.15, 0.2) is 0 Å². The molecule has 6 rings (SSSR count). The Kier molecular flexibility index (Phi) is 7.55. The number of aryl methyl sites for hydroxylation is 1. The van der Waals surface area contributed by atoms with E-state index in [2.05, 4.69) is 19.8 Å². The molecule has 4 atom stereocenters. The molecule has 3 saturated heterocycles. The number of fused-ring (bicyclic) bond motifs is 3. The third kappa shape index (κ3) is 5.53. The van der Waals surface area contributed by atoms with E-state index in [0.717, 1.165) is 49.1 Å². The fraction of sp³-hybridized carbons (Fsp3) is 0.533. The Morgan fingerprint density at radius 1 is 1.03 bits per heavy atom. The molecule has 0 aliphatic carbocycles. The highest BCUT2D eigenvalue weighted by Gasteiger charge is 2.42. The largest absolute Gasteiger partial charge is 0.349 e. The van der Waals surface area contributed by atoms with E-state index in [0.29, 0.717) is 54.4 Å². The van der Waals surface area contributed by atoms with Crippen molar-refractivity contribution in [1.29, 1.82) is 0 Å². The molecule has 3 aliphatic rings. The van der Waals surface area contributed by atoms with Crippen molar-refractivity contribution in [3.63, 3.8) is 0 Å². The summed E-state index contributed by atoms with van der Waals surface area (Å²) in [6.07, 6.45) is 6.28. The van der Waals surface area contributed by atoms with E-state index >= 15 is 0 Å². The van der Waals surface area contributed by atoms with Gasteiger partial charge in [-0.2, -0.15) is 0 Å². The number of amides is 1. The Labute approximate surface area is 230 Å². The maximum atomic E-state index is 14.1. The lowest BCUT2D eigenvalue weighted by Crippen LogP contribution is -2.45. The van der Waals surface area contributed by atoms with Crippen LogP contribution in [-0.2, 0) is 15.6 Å². The Hall–Kier alpha value is -2.65. The summed E-state index contributed by atoms with van der Waals surface area (Å²) in [4.78, 5) is 20.4. The van der Waals surface area contributed by atoms with Crippen LogP contribution in [0.2, 0.25) is 0 Å². The topological polar surface area (TPSA) is 67.2 Å². The average Bonchev–Trinajstić information content (AvgIpc) is 3.36. The Balaban J connectivity index is 1.15. The van der Waals surface area contributed by atoms with Gasteiger partial charge in [0.1, 0.15) is 17.5 Å². The van der Waals surface area contributed by atoms with Crippen LogP contribution in [0.1, 0.15) is 68.4 Å². The van der Waals surface area contributed by atoms with Crippen molar-refractivity contribution in [3.05, 3.63) is 65.5 Å². The number of carbonyl (C=O) groups is 1. The van der Waals surface area contributed by atoms with E-state index in [1.807, 2.05) is 19.1 Å². The molecule has 1 N–H and O–H groups in total. The van der Waals surface area contributed by atoms with Crippen LogP contribution in [0.5, 0.6) is 0 Å². The van der Waals surface area contributed by atoms with E-state index in [9.17, 15) is 17.8 Å². The van der Waals surface area contributed by atoms with Gasteiger partial charge < -0.3 is 9.88 Å². The van der Waals surface area contributed by atoms with Crippen LogP contribution >= 0.6 is 0 Å².